The Morgan fingerprint density at radius 3 is 3.06 bits per heavy atom. The zero-order valence-corrected chi connectivity index (χ0v) is 10.1. The average molecular weight is 236 g/mol. The standard InChI is InChI=1S/C13H20N2O2/c1-2-5-10(14)13(16)15-8-9-17-12-7-4-3-6-11(12)15/h1,10-12H,3-9,14H2. The van der Waals surface area contributed by atoms with Gasteiger partial charge in [-0.1, -0.05) is 12.8 Å². The first-order chi connectivity index (χ1) is 8.24. The lowest BCUT2D eigenvalue weighted by Gasteiger charge is -2.44. The summed E-state index contributed by atoms with van der Waals surface area (Å²) in [5, 5.41) is 0. The number of terminal acetylenes is 1. The maximum atomic E-state index is 12.2. The molecule has 0 aromatic heterocycles. The van der Waals surface area contributed by atoms with E-state index in [-0.39, 0.29) is 18.1 Å². The van der Waals surface area contributed by atoms with Crippen LogP contribution in [0.4, 0.5) is 0 Å². The molecule has 17 heavy (non-hydrogen) atoms. The van der Waals surface area contributed by atoms with E-state index in [0.717, 1.165) is 12.8 Å². The summed E-state index contributed by atoms with van der Waals surface area (Å²) in [4.78, 5) is 14.1. The number of fused-ring (bicyclic) bond motifs is 1. The van der Waals surface area contributed by atoms with Crippen LogP contribution in [0.25, 0.3) is 0 Å². The third-order valence-corrected chi connectivity index (χ3v) is 3.67. The van der Waals surface area contributed by atoms with E-state index in [1.165, 1.54) is 12.8 Å². The number of hydrogen-bond acceptors (Lipinski definition) is 3. The van der Waals surface area contributed by atoms with Crippen LogP contribution in [0.15, 0.2) is 0 Å². The van der Waals surface area contributed by atoms with Crippen molar-refractivity contribution in [2.24, 2.45) is 5.73 Å². The van der Waals surface area contributed by atoms with Crippen molar-refractivity contribution < 1.29 is 9.53 Å². The molecule has 1 saturated carbocycles. The van der Waals surface area contributed by atoms with E-state index < -0.39 is 6.04 Å². The molecule has 2 aliphatic rings. The van der Waals surface area contributed by atoms with Gasteiger partial charge in [-0.25, -0.2) is 0 Å². The highest BCUT2D eigenvalue weighted by Gasteiger charge is 2.37. The van der Waals surface area contributed by atoms with Crippen LogP contribution in [-0.2, 0) is 9.53 Å². The monoisotopic (exact) mass is 236 g/mol. The van der Waals surface area contributed by atoms with Gasteiger partial charge >= 0.3 is 0 Å². The van der Waals surface area contributed by atoms with Crippen LogP contribution in [-0.4, -0.2) is 42.1 Å². The smallest absolute Gasteiger partial charge is 0.240 e. The number of morpholine rings is 1. The summed E-state index contributed by atoms with van der Waals surface area (Å²) in [6.07, 6.45) is 10.2. The highest BCUT2D eigenvalue weighted by atomic mass is 16.5. The number of carbonyl (C=O) groups excluding carboxylic acids is 1. The predicted molar refractivity (Wildman–Crippen MR) is 65.1 cm³/mol. The van der Waals surface area contributed by atoms with Crippen molar-refractivity contribution in [1.29, 1.82) is 0 Å². The van der Waals surface area contributed by atoms with Crippen molar-refractivity contribution in [3.8, 4) is 12.3 Å². The topological polar surface area (TPSA) is 55.6 Å². The van der Waals surface area contributed by atoms with Gasteiger partial charge in [0.05, 0.1) is 24.8 Å². The van der Waals surface area contributed by atoms with Crippen molar-refractivity contribution in [1.82, 2.24) is 4.90 Å². The van der Waals surface area contributed by atoms with Gasteiger partial charge in [-0.2, -0.15) is 0 Å². The van der Waals surface area contributed by atoms with Crippen LogP contribution in [0, 0.1) is 12.3 Å². The molecule has 2 fully saturated rings. The summed E-state index contributed by atoms with van der Waals surface area (Å²) in [6, 6.07) is -0.338. The summed E-state index contributed by atoms with van der Waals surface area (Å²) in [5.41, 5.74) is 5.81. The lowest BCUT2D eigenvalue weighted by atomic mass is 9.89. The van der Waals surface area contributed by atoms with Gasteiger partial charge in [0.2, 0.25) is 5.91 Å². The SMILES string of the molecule is C#CCC(N)C(=O)N1CCOC2CCCCC21. The van der Waals surface area contributed by atoms with Crippen LogP contribution >= 0.6 is 0 Å². The molecular weight excluding hydrogens is 216 g/mol. The summed E-state index contributed by atoms with van der Waals surface area (Å²) in [7, 11) is 0. The lowest BCUT2D eigenvalue weighted by Crippen LogP contribution is -2.58. The number of nitrogens with zero attached hydrogens (tertiary/aromatic N) is 1. The maximum Gasteiger partial charge on any atom is 0.240 e. The highest BCUT2D eigenvalue weighted by molar-refractivity contribution is 5.82. The van der Waals surface area contributed by atoms with Gasteiger partial charge in [-0.15, -0.1) is 12.3 Å². The van der Waals surface area contributed by atoms with Crippen molar-refractivity contribution in [2.45, 2.75) is 50.3 Å². The number of carbonyl (C=O) groups is 1. The summed E-state index contributed by atoms with van der Waals surface area (Å²) >= 11 is 0. The molecule has 1 aliphatic heterocycles. The number of rotatable bonds is 2. The fourth-order valence-electron chi connectivity index (χ4n) is 2.80. The molecule has 4 heteroatoms. The molecule has 1 amide bonds. The third-order valence-electron chi connectivity index (χ3n) is 3.67. The Morgan fingerprint density at radius 2 is 2.29 bits per heavy atom. The summed E-state index contributed by atoms with van der Waals surface area (Å²) in [6.45, 7) is 1.27. The fourth-order valence-corrected chi connectivity index (χ4v) is 2.80. The number of hydrogen-bond donors (Lipinski definition) is 1. The molecule has 0 bridgehead atoms. The number of ether oxygens (including phenoxy) is 1. The third kappa shape index (κ3) is 2.62. The van der Waals surface area contributed by atoms with Crippen LogP contribution < -0.4 is 5.73 Å². The van der Waals surface area contributed by atoms with E-state index in [9.17, 15) is 4.79 Å². The minimum atomic E-state index is -0.555. The van der Waals surface area contributed by atoms with Gasteiger partial charge in [-0.3, -0.25) is 4.79 Å². The molecule has 0 radical (unpaired) electrons. The minimum absolute atomic E-state index is 0.0110. The van der Waals surface area contributed by atoms with Crippen LogP contribution in [0.3, 0.4) is 0 Å². The predicted octanol–water partition coefficient (Wildman–Crippen LogP) is 0.507. The molecule has 2 rings (SSSR count). The molecular formula is C13H20N2O2. The van der Waals surface area contributed by atoms with E-state index in [2.05, 4.69) is 5.92 Å². The van der Waals surface area contributed by atoms with Gasteiger partial charge in [0.1, 0.15) is 0 Å². The first-order valence-corrected chi connectivity index (χ1v) is 6.35. The molecule has 0 aromatic carbocycles. The van der Waals surface area contributed by atoms with E-state index in [0.29, 0.717) is 19.6 Å². The Hall–Kier alpha value is -1.05. The van der Waals surface area contributed by atoms with Crippen molar-refractivity contribution in [2.75, 3.05) is 13.2 Å². The number of nitrogens with two attached hydrogens (primary N) is 1. The molecule has 0 aromatic rings. The van der Waals surface area contributed by atoms with Crippen LogP contribution in [0.2, 0.25) is 0 Å². The molecule has 1 heterocycles. The Labute approximate surface area is 102 Å². The van der Waals surface area contributed by atoms with Crippen molar-refractivity contribution in [3.05, 3.63) is 0 Å². The van der Waals surface area contributed by atoms with Gasteiger partial charge in [-0.05, 0) is 12.8 Å². The quantitative estimate of drug-likeness (QED) is 0.711. The largest absolute Gasteiger partial charge is 0.374 e. The van der Waals surface area contributed by atoms with E-state index in [1.54, 1.807) is 0 Å². The fraction of sp³-hybridized carbons (Fsp3) is 0.769. The second-order valence-corrected chi connectivity index (χ2v) is 4.81. The van der Waals surface area contributed by atoms with Crippen molar-refractivity contribution in [3.63, 3.8) is 0 Å². The second-order valence-electron chi connectivity index (χ2n) is 4.81. The zero-order chi connectivity index (χ0) is 12.3. The molecule has 1 aliphatic carbocycles. The van der Waals surface area contributed by atoms with E-state index in [4.69, 9.17) is 16.9 Å². The molecule has 3 atom stereocenters. The molecule has 94 valence electrons. The van der Waals surface area contributed by atoms with Crippen molar-refractivity contribution >= 4 is 5.91 Å². The van der Waals surface area contributed by atoms with Gasteiger partial charge in [0, 0.05) is 13.0 Å². The van der Waals surface area contributed by atoms with Crippen LogP contribution in [0.5, 0.6) is 0 Å². The molecule has 1 saturated heterocycles. The second kappa shape index (κ2) is 5.52. The summed E-state index contributed by atoms with van der Waals surface area (Å²) < 4.78 is 5.73. The number of amides is 1. The average Bonchev–Trinajstić information content (AvgIpc) is 2.37. The Kier molecular flexibility index (Phi) is 4.03. The Bertz CT molecular complexity index is 322. The van der Waals surface area contributed by atoms with Gasteiger partial charge in [0.25, 0.3) is 0 Å². The van der Waals surface area contributed by atoms with E-state index >= 15 is 0 Å². The first kappa shape index (κ1) is 12.4. The molecule has 0 spiro atoms. The van der Waals surface area contributed by atoms with E-state index in [1.807, 2.05) is 4.90 Å². The Morgan fingerprint density at radius 1 is 1.53 bits per heavy atom. The minimum Gasteiger partial charge on any atom is -0.374 e. The Balaban J connectivity index is 2.03. The highest BCUT2D eigenvalue weighted by Crippen LogP contribution is 2.28. The first-order valence-electron chi connectivity index (χ1n) is 6.35. The molecule has 3 unspecified atom stereocenters. The van der Waals surface area contributed by atoms with Gasteiger partial charge < -0.3 is 15.4 Å². The van der Waals surface area contributed by atoms with Crippen LogP contribution in [0.1, 0.15) is 32.1 Å². The van der Waals surface area contributed by atoms with Gasteiger partial charge in [0.15, 0.2) is 0 Å². The lowest BCUT2D eigenvalue weighted by molar-refractivity contribution is -0.150. The zero-order valence-electron chi connectivity index (χ0n) is 10.1. The maximum absolute atomic E-state index is 12.2. The summed E-state index contributed by atoms with van der Waals surface area (Å²) in [5.74, 6) is 2.44. The normalized spacial score (nSPS) is 30.2. The molecule has 2 N–H and O–H groups in total. The molecule has 4 nitrogen and oxygen atoms in total.